The van der Waals surface area contributed by atoms with E-state index >= 15 is 0 Å². The Kier molecular flexibility index (Phi) is 2.56. The summed E-state index contributed by atoms with van der Waals surface area (Å²) in [5.74, 6) is 0.239. The number of halogens is 1. The van der Waals surface area contributed by atoms with Crippen LogP contribution in [0.5, 0.6) is 5.75 Å². The quantitative estimate of drug-likeness (QED) is 0.672. The van der Waals surface area contributed by atoms with E-state index in [4.69, 9.17) is 0 Å². The van der Waals surface area contributed by atoms with Crippen molar-refractivity contribution < 1.29 is 9.90 Å². The molecule has 2 rings (SSSR count). The van der Waals surface area contributed by atoms with E-state index < -0.39 is 0 Å². The number of fused-ring (bicyclic) bond motifs is 1. The predicted octanol–water partition coefficient (Wildman–Crippen LogP) is 3.31. The lowest BCUT2D eigenvalue weighted by Gasteiger charge is -2.01. The number of carbonyl (C=O) groups is 1. The third-order valence-corrected chi connectivity index (χ3v) is 3.71. The predicted molar refractivity (Wildman–Crippen MR) is 61.5 cm³/mol. The van der Waals surface area contributed by atoms with Gasteiger partial charge < -0.3 is 5.11 Å². The summed E-state index contributed by atoms with van der Waals surface area (Å²) in [5, 5.41) is 12.9. The van der Waals surface area contributed by atoms with Crippen LogP contribution < -0.4 is 0 Å². The number of rotatable bonds is 2. The molecule has 0 spiro atoms. The van der Waals surface area contributed by atoms with Gasteiger partial charge in [-0.1, -0.05) is 22.0 Å². The van der Waals surface area contributed by atoms with Crippen LogP contribution in [0.4, 0.5) is 0 Å². The normalized spacial score (nSPS) is 10.6. The van der Waals surface area contributed by atoms with Crippen LogP contribution >= 0.6 is 27.3 Å². The molecule has 2 aromatic rings. The summed E-state index contributed by atoms with van der Waals surface area (Å²) in [6.07, 6.45) is 0.824. The average molecular weight is 271 g/mol. The summed E-state index contributed by atoms with van der Waals surface area (Å²) in [4.78, 5) is 10.8. The number of phenols is 1. The molecule has 0 aliphatic heterocycles. The highest BCUT2D eigenvalue weighted by Crippen LogP contribution is 2.35. The zero-order chi connectivity index (χ0) is 10.1. The lowest BCUT2D eigenvalue weighted by molar-refractivity contribution is 0.112. The first kappa shape index (κ1) is 9.68. The van der Waals surface area contributed by atoms with Crippen LogP contribution in [0.25, 0.3) is 10.1 Å². The van der Waals surface area contributed by atoms with Crippen molar-refractivity contribution in [3.05, 3.63) is 28.6 Å². The highest BCUT2D eigenvalue weighted by atomic mass is 79.9. The molecule has 1 aromatic heterocycles. The molecule has 0 amide bonds. The number of hydrogen-bond acceptors (Lipinski definition) is 3. The molecule has 1 N–H and O–H groups in total. The minimum absolute atomic E-state index is 0.239. The Labute approximate surface area is 93.3 Å². The van der Waals surface area contributed by atoms with Crippen molar-refractivity contribution in [3.8, 4) is 5.75 Å². The van der Waals surface area contributed by atoms with E-state index in [2.05, 4.69) is 15.9 Å². The van der Waals surface area contributed by atoms with Crippen LogP contribution in [-0.4, -0.2) is 11.4 Å². The molecule has 4 heteroatoms. The molecule has 72 valence electrons. The Morgan fingerprint density at radius 2 is 2.29 bits per heavy atom. The van der Waals surface area contributed by atoms with Gasteiger partial charge in [0, 0.05) is 21.7 Å². The van der Waals surface area contributed by atoms with E-state index in [1.165, 1.54) is 11.3 Å². The number of thiophene rings is 1. The van der Waals surface area contributed by atoms with Crippen molar-refractivity contribution in [2.75, 3.05) is 0 Å². The topological polar surface area (TPSA) is 37.3 Å². The molecule has 0 unspecified atom stereocenters. The van der Waals surface area contributed by atoms with Crippen LogP contribution in [0.1, 0.15) is 15.9 Å². The standard InChI is InChI=1S/C10H7BrO2S/c11-3-6-1-2-8(13)10-9(6)7(4-12)5-14-10/h1-2,4-5,13H,3H2. The van der Waals surface area contributed by atoms with Crippen LogP contribution in [0, 0.1) is 0 Å². The van der Waals surface area contributed by atoms with Gasteiger partial charge in [0.15, 0.2) is 6.29 Å². The fourth-order valence-electron chi connectivity index (χ4n) is 1.43. The van der Waals surface area contributed by atoms with E-state index in [0.717, 1.165) is 21.9 Å². The highest BCUT2D eigenvalue weighted by Gasteiger charge is 2.10. The van der Waals surface area contributed by atoms with Crippen molar-refractivity contribution >= 4 is 43.6 Å². The molecule has 1 aromatic carbocycles. The second kappa shape index (κ2) is 3.71. The minimum Gasteiger partial charge on any atom is -0.506 e. The van der Waals surface area contributed by atoms with E-state index in [-0.39, 0.29) is 5.75 Å². The largest absolute Gasteiger partial charge is 0.506 e. The fraction of sp³-hybridized carbons (Fsp3) is 0.100. The Hall–Kier alpha value is -0.870. The average Bonchev–Trinajstić information content (AvgIpc) is 2.63. The maximum absolute atomic E-state index is 10.8. The first-order valence-electron chi connectivity index (χ1n) is 4.01. The van der Waals surface area contributed by atoms with E-state index in [1.54, 1.807) is 11.4 Å². The van der Waals surface area contributed by atoms with Crippen molar-refractivity contribution in [1.29, 1.82) is 0 Å². The molecule has 0 aliphatic carbocycles. The number of hydrogen-bond donors (Lipinski definition) is 1. The smallest absolute Gasteiger partial charge is 0.151 e. The number of alkyl halides is 1. The molecule has 0 bridgehead atoms. The zero-order valence-corrected chi connectivity index (χ0v) is 9.56. The first-order valence-corrected chi connectivity index (χ1v) is 6.01. The third-order valence-electron chi connectivity index (χ3n) is 2.09. The molecule has 0 saturated heterocycles. The summed E-state index contributed by atoms with van der Waals surface area (Å²) < 4.78 is 0.782. The number of phenolic OH excluding ortho intramolecular Hbond substituents is 1. The Bertz CT molecular complexity index is 490. The lowest BCUT2D eigenvalue weighted by Crippen LogP contribution is -1.83. The summed E-state index contributed by atoms with van der Waals surface area (Å²) >= 11 is 4.75. The summed E-state index contributed by atoms with van der Waals surface area (Å²) in [6, 6.07) is 3.48. The summed E-state index contributed by atoms with van der Waals surface area (Å²) in [6.45, 7) is 0. The molecule has 14 heavy (non-hydrogen) atoms. The van der Waals surface area contributed by atoms with Gasteiger partial charge in [-0.3, -0.25) is 4.79 Å². The second-order valence-corrected chi connectivity index (χ2v) is 4.33. The molecular weight excluding hydrogens is 264 g/mol. The third kappa shape index (κ3) is 1.35. The highest BCUT2D eigenvalue weighted by molar-refractivity contribution is 9.08. The van der Waals surface area contributed by atoms with Crippen molar-refractivity contribution in [3.63, 3.8) is 0 Å². The molecule has 0 aliphatic rings. The maximum atomic E-state index is 10.8. The van der Waals surface area contributed by atoms with E-state index in [0.29, 0.717) is 10.9 Å². The van der Waals surface area contributed by atoms with Crippen molar-refractivity contribution in [1.82, 2.24) is 0 Å². The number of aromatic hydroxyl groups is 1. The molecular formula is C10H7BrO2S. The second-order valence-electron chi connectivity index (χ2n) is 2.89. The van der Waals surface area contributed by atoms with Gasteiger partial charge in [0.1, 0.15) is 5.75 Å². The van der Waals surface area contributed by atoms with Gasteiger partial charge >= 0.3 is 0 Å². The van der Waals surface area contributed by atoms with Crippen molar-refractivity contribution in [2.45, 2.75) is 5.33 Å². The van der Waals surface area contributed by atoms with Gasteiger partial charge in [-0.2, -0.15) is 0 Å². The van der Waals surface area contributed by atoms with Crippen LogP contribution in [-0.2, 0) is 5.33 Å². The van der Waals surface area contributed by atoms with Crippen LogP contribution in [0.2, 0.25) is 0 Å². The monoisotopic (exact) mass is 270 g/mol. The van der Waals surface area contributed by atoms with Crippen LogP contribution in [0.15, 0.2) is 17.5 Å². The molecule has 0 fully saturated rings. The first-order chi connectivity index (χ1) is 6.77. The Balaban J connectivity index is 2.88. The minimum atomic E-state index is 0.239. The van der Waals surface area contributed by atoms with Gasteiger partial charge in [-0.25, -0.2) is 0 Å². The van der Waals surface area contributed by atoms with Crippen molar-refractivity contribution in [2.24, 2.45) is 0 Å². The SMILES string of the molecule is O=Cc1csc2c(O)ccc(CBr)c12. The van der Waals surface area contributed by atoms with Crippen LogP contribution in [0.3, 0.4) is 0 Å². The lowest BCUT2D eigenvalue weighted by atomic mass is 10.1. The Morgan fingerprint density at radius 3 is 2.93 bits per heavy atom. The van der Waals surface area contributed by atoms with Gasteiger partial charge in [0.2, 0.25) is 0 Å². The molecule has 0 radical (unpaired) electrons. The van der Waals surface area contributed by atoms with E-state index in [9.17, 15) is 9.90 Å². The van der Waals surface area contributed by atoms with Gasteiger partial charge in [-0.15, -0.1) is 11.3 Å². The fourth-order valence-corrected chi connectivity index (χ4v) is 2.87. The number of carbonyl (C=O) groups excluding carboxylic acids is 1. The molecule has 0 saturated carbocycles. The van der Waals surface area contributed by atoms with Gasteiger partial charge in [0.05, 0.1) is 4.70 Å². The van der Waals surface area contributed by atoms with Gasteiger partial charge in [-0.05, 0) is 11.6 Å². The summed E-state index contributed by atoms with van der Waals surface area (Å²) in [5.41, 5.74) is 1.68. The van der Waals surface area contributed by atoms with Gasteiger partial charge in [0.25, 0.3) is 0 Å². The number of aldehydes is 1. The molecule has 2 nitrogen and oxygen atoms in total. The molecule has 1 heterocycles. The number of benzene rings is 1. The van der Waals surface area contributed by atoms with E-state index in [1.807, 2.05) is 6.07 Å². The Morgan fingerprint density at radius 1 is 1.50 bits per heavy atom. The zero-order valence-electron chi connectivity index (χ0n) is 7.16. The molecule has 0 atom stereocenters. The summed E-state index contributed by atoms with van der Waals surface area (Å²) in [7, 11) is 0. The maximum Gasteiger partial charge on any atom is 0.151 e.